The number of ether oxygens (including phenoxy) is 1. The minimum atomic E-state index is -0.382. The molecule has 0 aliphatic carbocycles. The Morgan fingerprint density at radius 2 is 2.00 bits per heavy atom. The predicted octanol–water partition coefficient (Wildman–Crippen LogP) is 1.68. The van der Waals surface area contributed by atoms with Crippen molar-refractivity contribution in [2.75, 3.05) is 33.9 Å². The molecular formula is C16H26FIN4O2. The maximum atomic E-state index is 13.4. The van der Waals surface area contributed by atoms with Crippen LogP contribution in [0.5, 0.6) is 0 Å². The van der Waals surface area contributed by atoms with Gasteiger partial charge in [0.1, 0.15) is 5.82 Å². The number of aliphatic imine (C=N–C) groups is 1. The number of halogens is 2. The van der Waals surface area contributed by atoms with Crippen molar-refractivity contribution in [2.24, 2.45) is 4.99 Å². The van der Waals surface area contributed by atoms with E-state index in [-0.39, 0.29) is 41.7 Å². The number of amides is 1. The zero-order valence-electron chi connectivity index (χ0n) is 14.5. The molecule has 0 aliphatic heterocycles. The molecule has 1 rings (SSSR count). The Bertz CT molecular complexity index is 555. The van der Waals surface area contributed by atoms with Crippen molar-refractivity contribution in [3.8, 4) is 0 Å². The highest BCUT2D eigenvalue weighted by molar-refractivity contribution is 14.0. The van der Waals surface area contributed by atoms with E-state index in [1.165, 1.54) is 6.07 Å². The van der Waals surface area contributed by atoms with Gasteiger partial charge in [-0.3, -0.25) is 9.79 Å². The van der Waals surface area contributed by atoms with E-state index in [0.29, 0.717) is 36.8 Å². The molecule has 0 heterocycles. The lowest BCUT2D eigenvalue weighted by atomic mass is 10.1. The quantitative estimate of drug-likeness (QED) is 0.255. The first-order chi connectivity index (χ1) is 11.0. The lowest BCUT2D eigenvalue weighted by Gasteiger charge is -2.17. The molecule has 1 aromatic rings. The zero-order valence-corrected chi connectivity index (χ0v) is 16.8. The van der Waals surface area contributed by atoms with Crippen LogP contribution in [0.1, 0.15) is 22.8 Å². The number of rotatable bonds is 7. The van der Waals surface area contributed by atoms with Crippen LogP contribution in [0.4, 0.5) is 4.39 Å². The molecule has 24 heavy (non-hydrogen) atoms. The van der Waals surface area contributed by atoms with E-state index < -0.39 is 0 Å². The third-order valence-corrected chi connectivity index (χ3v) is 3.16. The molecule has 136 valence electrons. The second kappa shape index (κ2) is 12.0. The van der Waals surface area contributed by atoms with Crippen molar-refractivity contribution < 1.29 is 13.9 Å². The summed E-state index contributed by atoms with van der Waals surface area (Å²) in [6, 6.07) is 4.56. The molecule has 0 aliphatic rings. The molecule has 0 radical (unpaired) electrons. The Balaban J connectivity index is 0.00000529. The lowest BCUT2D eigenvalue weighted by Crippen LogP contribution is -2.46. The van der Waals surface area contributed by atoms with E-state index in [2.05, 4.69) is 20.9 Å². The van der Waals surface area contributed by atoms with E-state index >= 15 is 0 Å². The summed E-state index contributed by atoms with van der Waals surface area (Å²) in [6.45, 7) is 5.10. The average Bonchev–Trinajstić information content (AvgIpc) is 2.52. The van der Waals surface area contributed by atoms with Gasteiger partial charge in [0.2, 0.25) is 0 Å². The van der Waals surface area contributed by atoms with Crippen molar-refractivity contribution >= 4 is 35.8 Å². The molecule has 0 saturated carbocycles. The van der Waals surface area contributed by atoms with E-state index in [1.807, 2.05) is 6.92 Å². The lowest BCUT2D eigenvalue weighted by molar-refractivity contribution is 0.0954. The second-order valence-electron chi connectivity index (χ2n) is 5.22. The van der Waals surface area contributed by atoms with Crippen LogP contribution >= 0.6 is 24.0 Å². The van der Waals surface area contributed by atoms with Crippen molar-refractivity contribution in [3.05, 3.63) is 35.1 Å². The van der Waals surface area contributed by atoms with Gasteiger partial charge in [0, 0.05) is 38.9 Å². The number of carbonyl (C=O) groups is 1. The van der Waals surface area contributed by atoms with Gasteiger partial charge in [-0.15, -0.1) is 24.0 Å². The summed E-state index contributed by atoms with van der Waals surface area (Å²) in [5, 5.41) is 8.96. The molecule has 0 bridgehead atoms. The first-order valence-corrected chi connectivity index (χ1v) is 7.48. The SMILES string of the molecule is CN=C(NCCNC(=O)c1ccc(C)c(F)c1)NC(C)COC.I. The van der Waals surface area contributed by atoms with Crippen LogP contribution in [0.2, 0.25) is 0 Å². The third kappa shape index (κ3) is 7.91. The fourth-order valence-electron chi connectivity index (χ4n) is 1.91. The zero-order chi connectivity index (χ0) is 17.2. The van der Waals surface area contributed by atoms with Crippen LogP contribution in [0.3, 0.4) is 0 Å². The Hall–Kier alpha value is -1.42. The minimum Gasteiger partial charge on any atom is -0.383 e. The maximum Gasteiger partial charge on any atom is 0.251 e. The van der Waals surface area contributed by atoms with Gasteiger partial charge >= 0.3 is 0 Å². The van der Waals surface area contributed by atoms with E-state index in [0.717, 1.165) is 0 Å². The highest BCUT2D eigenvalue weighted by atomic mass is 127. The van der Waals surface area contributed by atoms with E-state index in [9.17, 15) is 9.18 Å². The van der Waals surface area contributed by atoms with Gasteiger partial charge < -0.3 is 20.7 Å². The van der Waals surface area contributed by atoms with Gasteiger partial charge in [-0.05, 0) is 31.5 Å². The van der Waals surface area contributed by atoms with Crippen LogP contribution < -0.4 is 16.0 Å². The number of hydrogen-bond donors (Lipinski definition) is 3. The third-order valence-electron chi connectivity index (χ3n) is 3.16. The van der Waals surface area contributed by atoms with E-state index in [1.54, 1.807) is 33.2 Å². The number of nitrogens with one attached hydrogen (secondary N) is 3. The van der Waals surface area contributed by atoms with Crippen molar-refractivity contribution in [3.63, 3.8) is 0 Å². The van der Waals surface area contributed by atoms with Crippen molar-refractivity contribution in [1.82, 2.24) is 16.0 Å². The Morgan fingerprint density at radius 1 is 1.33 bits per heavy atom. The summed E-state index contributed by atoms with van der Waals surface area (Å²) in [5.74, 6) is -0.0564. The molecule has 0 saturated heterocycles. The van der Waals surface area contributed by atoms with Gasteiger partial charge in [0.05, 0.1) is 6.61 Å². The Labute approximate surface area is 159 Å². The van der Waals surface area contributed by atoms with Gasteiger partial charge in [-0.25, -0.2) is 4.39 Å². The van der Waals surface area contributed by atoms with Crippen LogP contribution in [-0.2, 0) is 4.74 Å². The fraction of sp³-hybridized carbons (Fsp3) is 0.500. The smallest absolute Gasteiger partial charge is 0.251 e. The molecule has 3 N–H and O–H groups in total. The maximum absolute atomic E-state index is 13.4. The summed E-state index contributed by atoms with van der Waals surface area (Å²) in [4.78, 5) is 16.0. The minimum absolute atomic E-state index is 0. The molecule has 1 aromatic carbocycles. The summed E-state index contributed by atoms with van der Waals surface area (Å²) in [7, 11) is 3.31. The molecular weight excluding hydrogens is 426 g/mol. The first-order valence-electron chi connectivity index (χ1n) is 7.48. The van der Waals surface area contributed by atoms with E-state index in [4.69, 9.17) is 4.74 Å². The number of nitrogens with zero attached hydrogens (tertiary/aromatic N) is 1. The normalized spacial score (nSPS) is 12.1. The Kier molecular flexibility index (Phi) is 11.3. The molecule has 0 fully saturated rings. The highest BCUT2D eigenvalue weighted by Crippen LogP contribution is 2.08. The molecule has 8 heteroatoms. The summed E-state index contributed by atoms with van der Waals surface area (Å²) >= 11 is 0. The van der Waals surface area contributed by atoms with Crippen LogP contribution in [-0.4, -0.2) is 51.8 Å². The molecule has 6 nitrogen and oxygen atoms in total. The second-order valence-corrected chi connectivity index (χ2v) is 5.22. The standard InChI is InChI=1S/C16H25FN4O2.HI/c1-11-5-6-13(9-14(11)17)15(22)19-7-8-20-16(18-3)21-12(2)10-23-4;/h5-6,9,12H,7-8,10H2,1-4H3,(H,19,22)(H2,18,20,21);1H. The van der Waals surface area contributed by atoms with Gasteiger partial charge in [-0.2, -0.15) is 0 Å². The molecule has 1 atom stereocenters. The Morgan fingerprint density at radius 3 is 2.58 bits per heavy atom. The average molecular weight is 452 g/mol. The number of aryl methyl sites for hydroxylation is 1. The molecule has 1 amide bonds. The summed E-state index contributed by atoms with van der Waals surface area (Å²) < 4.78 is 18.5. The molecule has 1 unspecified atom stereocenters. The largest absolute Gasteiger partial charge is 0.383 e. The van der Waals surface area contributed by atoms with Crippen LogP contribution in [0.25, 0.3) is 0 Å². The fourth-order valence-corrected chi connectivity index (χ4v) is 1.91. The molecule has 0 aromatic heterocycles. The number of carbonyl (C=O) groups excluding carboxylic acids is 1. The van der Waals surface area contributed by atoms with Crippen LogP contribution in [0.15, 0.2) is 23.2 Å². The predicted molar refractivity (Wildman–Crippen MR) is 105 cm³/mol. The van der Waals surface area contributed by atoms with Crippen molar-refractivity contribution in [2.45, 2.75) is 19.9 Å². The number of methoxy groups -OCH3 is 1. The number of guanidine groups is 1. The van der Waals surface area contributed by atoms with Gasteiger partial charge in [-0.1, -0.05) is 6.07 Å². The van der Waals surface area contributed by atoms with Gasteiger partial charge in [0.25, 0.3) is 5.91 Å². The highest BCUT2D eigenvalue weighted by Gasteiger charge is 2.08. The van der Waals surface area contributed by atoms with Crippen molar-refractivity contribution in [1.29, 1.82) is 0 Å². The summed E-state index contributed by atoms with van der Waals surface area (Å²) in [6.07, 6.45) is 0. The molecule has 0 spiro atoms. The first kappa shape index (κ1) is 22.6. The van der Waals surface area contributed by atoms with Crippen LogP contribution in [0, 0.1) is 12.7 Å². The number of benzene rings is 1. The number of hydrogen-bond acceptors (Lipinski definition) is 3. The monoisotopic (exact) mass is 452 g/mol. The van der Waals surface area contributed by atoms with Gasteiger partial charge in [0.15, 0.2) is 5.96 Å². The summed E-state index contributed by atoms with van der Waals surface area (Å²) in [5.41, 5.74) is 0.826. The topological polar surface area (TPSA) is 74.8 Å².